The molecular formula is C26H30N4O3. The highest BCUT2D eigenvalue weighted by Crippen LogP contribution is 2.32. The molecule has 172 valence electrons. The molecule has 7 nitrogen and oxygen atoms in total. The third kappa shape index (κ3) is 4.13. The number of nitrogens with zero attached hydrogens (tertiary/aromatic N) is 3. The van der Waals surface area contributed by atoms with Gasteiger partial charge in [0.05, 0.1) is 17.2 Å². The molecule has 3 amide bonds. The van der Waals surface area contributed by atoms with Gasteiger partial charge in [0, 0.05) is 25.8 Å². The third-order valence-electron chi connectivity index (χ3n) is 7.12. The number of nitrogens with one attached hydrogen (secondary N) is 1. The molecule has 2 aromatic carbocycles. The fourth-order valence-electron chi connectivity index (χ4n) is 5.27. The number of fused-ring (bicyclic) bond motifs is 2. The lowest BCUT2D eigenvalue weighted by Gasteiger charge is -2.35. The fraction of sp³-hybridized carbons (Fsp3) is 0.423. The topological polar surface area (TPSA) is 73.0 Å². The van der Waals surface area contributed by atoms with Crippen molar-refractivity contribution >= 4 is 23.4 Å². The Hall–Kier alpha value is -3.19. The summed E-state index contributed by atoms with van der Waals surface area (Å²) < 4.78 is 0. The monoisotopic (exact) mass is 446 g/mol. The molecule has 1 atom stereocenters. The molecule has 0 radical (unpaired) electrons. The highest BCUT2D eigenvalue weighted by atomic mass is 16.2. The molecule has 3 heterocycles. The number of carbonyl (C=O) groups excluding carboxylic acids is 3. The van der Waals surface area contributed by atoms with Gasteiger partial charge in [0.25, 0.3) is 11.8 Å². The van der Waals surface area contributed by atoms with Gasteiger partial charge in [0.2, 0.25) is 5.91 Å². The van der Waals surface area contributed by atoms with E-state index in [4.69, 9.17) is 0 Å². The van der Waals surface area contributed by atoms with Crippen LogP contribution in [0.3, 0.4) is 0 Å². The Labute approximate surface area is 194 Å². The number of hydrogen-bond donors (Lipinski definition) is 1. The van der Waals surface area contributed by atoms with E-state index in [9.17, 15) is 14.4 Å². The van der Waals surface area contributed by atoms with Gasteiger partial charge in [-0.1, -0.05) is 30.7 Å². The molecule has 33 heavy (non-hydrogen) atoms. The molecule has 7 heteroatoms. The van der Waals surface area contributed by atoms with Crippen molar-refractivity contribution in [3.63, 3.8) is 0 Å². The second-order valence-corrected chi connectivity index (χ2v) is 9.22. The minimum absolute atomic E-state index is 0.0765. The molecular weight excluding hydrogens is 416 g/mol. The Morgan fingerprint density at radius 3 is 2.36 bits per heavy atom. The summed E-state index contributed by atoms with van der Waals surface area (Å²) in [6, 6.07) is 13.4. The summed E-state index contributed by atoms with van der Waals surface area (Å²) in [6.45, 7) is 3.25. The number of carbonyl (C=O) groups is 3. The number of amides is 3. The molecule has 0 aromatic heterocycles. The smallest absolute Gasteiger partial charge is 0.262 e. The summed E-state index contributed by atoms with van der Waals surface area (Å²) in [6.07, 6.45) is 4.60. The van der Waals surface area contributed by atoms with Crippen LogP contribution in [0.4, 0.5) is 5.69 Å². The second kappa shape index (κ2) is 8.98. The van der Waals surface area contributed by atoms with Crippen LogP contribution in [-0.2, 0) is 11.2 Å². The quantitative estimate of drug-likeness (QED) is 0.691. The average molecular weight is 447 g/mol. The first kappa shape index (κ1) is 21.6. The van der Waals surface area contributed by atoms with Crippen LogP contribution in [0.1, 0.15) is 57.1 Å². The van der Waals surface area contributed by atoms with Gasteiger partial charge in [-0.15, -0.1) is 0 Å². The summed E-state index contributed by atoms with van der Waals surface area (Å²) in [5.74, 6) is -1.12. The van der Waals surface area contributed by atoms with Crippen LogP contribution in [0.25, 0.3) is 0 Å². The second-order valence-electron chi connectivity index (χ2n) is 9.22. The number of likely N-dealkylation sites (N-methyl/N-ethyl adjacent to an activating group) is 1. The molecule has 0 aliphatic carbocycles. The number of hydrogen-bond acceptors (Lipinski definition) is 5. The summed E-state index contributed by atoms with van der Waals surface area (Å²) >= 11 is 0. The van der Waals surface area contributed by atoms with Crippen LogP contribution in [-0.4, -0.2) is 67.3 Å². The highest BCUT2D eigenvalue weighted by molar-refractivity contribution is 6.22. The van der Waals surface area contributed by atoms with Crippen molar-refractivity contribution in [2.75, 3.05) is 44.7 Å². The van der Waals surface area contributed by atoms with E-state index in [0.29, 0.717) is 17.7 Å². The van der Waals surface area contributed by atoms with Crippen molar-refractivity contribution in [3.05, 3.63) is 64.7 Å². The van der Waals surface area contributed by atoms with Crippen molar-refractivity contribution in [2.24, 2.45) is 0 Å². The van der Waals surface area contributed by atoms with E-state index in [1.807, 2.05) is 0 Å². The first-order chi connectivity index (χ1) is 16.0. The van der Waals surface area contributed by atoms with Crippen LogP contribution < -0.4 is 10.2 Å². The summed E-state index contributed by atoms with van der Waals surface area (Å²) in [5, 5.41) is 3.01. The largest absolute Gasteiger partial charge is 0.374 e. The zero-order chi connectivity index (χ0) is 22.9. The maximum Gasteiger partial charge on any atom is 0.262 e. The van der Waals surface area contributed by atoms with Crippen LogP contribution in [0.15, 0.2) is 42.5 Å². The van der Waals surface area contributed by atoms with Crippen molar-refractivity contribution in [1.82, 2.24) is 15.1 Å². The zero-order valence-corrected chi connectivity index (χ0v) is 19.0. The molecule has 0 unspecified atom stereocenters. The average Bonchev–Trinajstić information content (AvgIpc) is 3.33. The van der Waals surface area contributed by atoms with E-state index in [1.54, 1.807) is 24.3 Å². The minimum atomic E-state index is -0.402. The number of likely N-dealkylation sites (tertiary alicyclic amines) is 1. The molecule has 3 aliphatic rings. The van der Waals surface area contributed by atoms with Gasteiger partial charge in [0.15, 0.2) is 0 Å². The Balaban J connectivity index is 1.28. The lowest BCUT2D eigenvalue weighted by atomic mass is 9.98. The molecule has 5 rings (SSSR count). The summed E-state index contributed by atoms with van der Waals surface area (Å²) in [4.78, 5) is 43.8. The van der Waals surface area contributed by atoms with E-state index in [1.165, 1.54) is 23.2 Å². The van der Waals surface area contributed by atoms with Gasteiger partial charge in [-0.05, 0) is 61.7 Å². The Bertz CT molecular complexity index is 1060. The van der Waals surface area contributed by atoms with Crippen molar-refractivity contribution in [1.29, 1.82) is 0 Å². The van der Waals surface area contributed by atoms with Crippen LogP contribution in [0.2, 0.25) is 0 Å². The van der Waals surface area contributed by atoms with Gasteiger partial charge < -0.3 is 10.2 Å². The van der Waals surface area contributed by atoms with E-state index < -0.39 is 11.8 Å². The first-order valence-corrected chi connectivity index (χ1v) is 11.8. The summed E-state index contributed by atoms with van der Waals surface area (Å²) in [7, 11) is 2.12. The van der Waals surface area contributed by atoms with E-state index >= 15 is 0 Å². The highest BCUT2D eigenvalue weighted by Gasteiger charge is 2.36. The predicted octanol–water partition coefficient (Wildman–Crippen LogP) is 2.62. The van der Waals surface area contributed by atoms with Gasteiger partial charge >= 0.3 is 0 Å². The lowest BCUT2D eigenvalue weighted by Crippen LogP contribution is -2.44. The molecule has 1 saturated heterocycles. The lowest BCUT2D eigenvalue weighted by molar-refractivity contribution is -0.121. The number of imide groups is 1. The Morgan fingerprint density at radius 2 is 1.67 bits per heavy atom. The number of anilines is 1. The number of benzene rings is 2. The van der Waals surface area contributed by atoms with E-state index in [-0.39, 0.29) is 18.5 Å². The van der Waals surface area contributed by atoms with Gasteiger partial charge in [-0.25, -0.2) is 0 Å². The van der Waals surface area contributed by atoms with Crippen molar-refractivity contribution in [3.8, 4) is 0 Å². The van der Waals surface area contributed by atoms with E-state index in [2.05, 4.69) is 40.4 Å². The minimum Gasteiger partial charge on any atom is -0.374 e. The van der Waals surface area contributed by atoms with E-state index in [0.717, 1.165) is 43.8 Å². The molecule has 1 fully saturated rings. The molecule has 3 aliphatic heterocycles. The van der Waals surface area contributed by atoms with Gasteiger partial charge in [0.1, 0.15) is 6.54 Å². The zero-order valence-electron chi connectivity index (χ0n) is 19.0. The molecule has 0 spiro atoms. The standard InChI is InChI=1S/C26H30N4O3/c1-28-14-11-19-15-18(9-10-22(19)28)23(29-12-5-2-6-13-29)16-27-24(31)17-30-25(32)20-7-3-4-8-21(20)26(30)33/h3-4,7-10,15,23H,2,5-6,11-14,16-17H2,1H3,(H,27,31)/t23-/m0/s1. The number of rotatable bonds is 6. The van der Waals surface area contributed by atoms with Crippen LogP contribution >= 0.6 is 0 Å². The normalized spacial score (nSPS) is 18.9. The Morgan fingerprint density at radius 1 is 0.970 bits per heavy atom. The van der Waals surface area contributed by atoms with Gasteiger partial charge in [-0.3, -0.25) is 24.2 Å². The molecule has 2 aromatic rings. The third-order valence-corrected chi connectivity index (χ3v) is 7.12. The SMILES string of the molecule is CN1CCc2cc([C@H](CNC(=O)CN3C(=O)c4ccccc4C3=O)N3CCCCC3)ccc21. The predicted molar refractivity (Wildman–Crippen MR) is 126 cm³/mol. The molecule has 1 N–H and O–H groups in total. The molecule has 0 bridgehead atoms. The fourth-order valence-corrected chi connectivity index (χ4v) is 5.27. The van der Waals surface area contributed by atoms with Crippen molar-refractivity contribution < 1.29 is 14.4 Å². The first-order valence-electron chi connectivity index (χ1n) is 11.8. The maximum absolute atomic E-state index is 12.8. The van der Waals surface area contributed by atoms with Crippen LogP contribution in [0.5, 0.6) is 0 Å². The van der Waals surface area contributed by atoms with Crippen molar-refractivity contribution in [2.45, 2.75) is 31.7 Å². The number of piperidine rings is 1. The maximum atomic E-state index is 12.8. The molecule has 0 saturated carbocycles. The summed E-state index contributed by atoms with van der Waals surface area (Å²) in [5.41, 5.74) is 4.58. The Kier molecular flexibility index (Phi) is 5.89. The van der Waals surface area contributed by atoms with Gasteiger partial charge in [-0.2, -0.15) is 0 Å². The van der Waals surface area contributed by atoms with Crippen LogP contribution in [0, 0.1) is 0 Å².